The van der Waals surface area contributed by atoms with Crippen molar-refractivity contribution in [3.05, 3.63) is 29.8 Å². The Morgan fingerprint density at radius 2 is 2.27 bits per heavy atom. The Morgan fingerprint density at radius 3 is 2.87 bits per heavy atom. The third kappa shape index (κ3) is 1.61. The lowest BCUT2D eigenvalue weighted by molar-refractivity contribution is 0.637. The molecule has 0 amide bonds. The normalized spacial score (nSPS) is 13.3. The van der Waals surface area contributed by atoms with Crippen molar-refractivity contribution in [2.24, 2.45) is 0 Å². The van der Waals surface area contributed by atoms with Crippen LogP contribution in [-0.2, 0) is 6.54 Å². The summed E-state index contributed by atoms with van der Waals surface area (Å²) in [7, 11) is 0. The van der Waals surface area contributed by atoms with E-state index in [4.69, 9.17) is 11.6 Å². The zero-order chi connectivity index (χ0) is 11.0. The SMILES string of the molecule is CCn1c(C(C)Cl)nc2c(F)cccc21. The van der Waals surface area contributed by atoms with Crippen molar-refractivity contribution >= 4 is 22.6 Å². The lowest BCUT2D eigenvalue weighted by atomic mass is 10.3. The summed E-state index contributed by atoms with van der Waals surface area (Å²) in [6.07, 6.45) is 0. The van der Waals surface area contributed by atoms with Gasteiger partial charge in [-0.15, -0.1) is 11.6 Å². The number of imidazole rings is 1. The number of benzene rings is 1. The predicted octanol–water partition coefficient (Wildman–Crippen LogP) is 3.50. The van der Waals surface area contributed by atoms with E-state index in [1.54, 1.807) is 6.07 Å². The van der Waals surface area contributed by atoms with Gasteiger partial charge in [0.05, 0.1) is 10.9 Å². The van der Waals surface area contributed by atoms with E-state index in [0.717, 1.165) is 17.9 Å². The molecule has 1 unspecified atom stereocenters. The molecule has 0 aliphatic carbocycles. The largest absolute Gasteiger partial charge is 0.327 e. The molecular weight excluding hydrogens is 215 g/mol. The first kappa shape index (κ1) is 10.4. The zero-order valence-corrected chi connectivity index (χ0v) is 9.42. The lowest BCUT2D eigenvalue weighted by Crippen LogP contribution is -2.01. The van der Waals surface area contributed by atoms with Gasteiger partial charge < -0.3 is 4.57 Å². The van der Waals surface area contributed by atoms with E-state index < -0.39 is 0 Å². The molecule has 4 heteroatoms. The van der Waals surface area contributed by atoms with Crippen molar-refractivity contribution in [3.63, 3.8) is 0 Å². The van der Waals surface area contributed by atoms with Crippen LogP contribution >= 0.6 is 11.6 Å². The van der Waals surface area contributed by atoms with Gasteiger partial charge in [0, 0.05) is 6.54 Å². The van der Waals surface area contributed by atoms with Gasteiger partial charge in [-0.3, -0.25) is 0 Å². The number of aromatic nitrogens is 2. The average Bonchev–Trinajstić information content (AvgIpc) is 2.57. The first-order chi connectivity index (χ1) is 7.15. The molecule has 0 aliphatic heterocycles. The average molecular weight is 227 g/mol. The minimum Gasteiger partial charge on any atom is -0.327 e. The molecule has 0 spiro atoms. The van der Waals surface area contributed by atoms with E-state index in [2.05, 4.69) is 4.98 Å². The highest BCUT2D eigenvalue weighted by Crippen LogP contribution is 2.25. The van der Waals surface area contributed by atoms with Gasteiger partial charge in [0.2, 0.25) is 0 Å². The van der Waals surface area contributed by atoms with E-state index in [1.807, 2.05) is 24.5 Å². The van der Waals surface area contributed by atoms with Gasteiger partial charge in [0.15, 0.2) is 5.82 Å². The van der Waals surface area contributed by atoms with E-state index in [9.17, 15) is 4.39 Å². The molecule has 15 heavy (non-hydrogen) atoms. The van der Waals surface area contributed by atoms with Crippen LogP contribution in [0.4, 0.5) is 4.39 Å². The van der Waals surface area contributed by atoms with Crippen molar-refractivity contribution in [2.45, 2.75) is 25.8 Å². The minimum atomic E-state index is -0.293. The fourth-order valence-electron chi connectivity index (χ4n) is 1.77. The van der Waals surface area contributed by atoms with Gasteiger partial charge in [-0.2, -0.15) is 0 Å². The molecule has 1 atom stereocenters. The summed E-state index contributed by atoms with van der Waals surface area (Å²) in [6, 6.07) is 4.96. The van der Waals surface area contributed by atoms with Crippen LogP contribution in [0.25, 0.3) is 11.0 Å². The van der Waals surface area contributed by atoms with Crippen molar-refractivity contribution in [1.82, 2.24) is 9.55 Å². The molecule has 0 fully saturated rings. The third-order valence-corrected chi connectivity index (χ3v) is 2.63. The second-order valence-electron chi connectivity index (χ2n) is 3.44. The summed E-state index contributed by atoms with van der Waals surface area (Å²) < 4.78 is 15.4. The molecule has 0 radical (unpaired) electrons. The Hall–Kier alpha value is -1.09. The van der Waals surface area contributed by atoms with Gasteiger partial charge in [-0.05, 0) is 26.0 Å². The second-order valence-corrected chi connectivity index (χ2v) is 4.09. The number of alkyl halides is 1. The Bertz CT molecular complexity index is 491. The van der Waals surface area contributed by atoms with Gasteiger partial charge in [0.25, 0.3) is 0 Å². The maximum absolute atomic E-state index is 13.5. The molecular formula is C11H12ClFN2. The number of hydrogen-bond donors (Lipinski definition) is 0. The topological polar surface area (TPSA) is 17.8 Å². The Labute approximate surface area is 92.7 Å². The molecule has 0 saturated carbocycles. The van der Waals surface area contributed by atoms with Crippen LogP contribution in [0, 0.1) is 5.82 Å². The Kier molecular flexibility index (Phi) is 2.65. The highest BCUT2D eigenvalue weighted by molar-refractivity contribution is 6.20. The predicted molar refractivity (Wildman–Crippen MR) is 59.6 cm³/mol. The summed E-state index contributed by atoms with van der Waals surface area (Å²) in [5, 5.41) is -0.211. The number of nitrogens with zero attached hydrogens (tertiary/aromatic N) is 2. The molecule has 0 saturated heterocycles. The quantitative estimate of drug-likeness (QED) is 0.717. The molecule has 2 nitrogen and oxygen atoms in total. The first-order valence-corrected chi connectivity index (χ1v) is 5.37. The molecule has 1 aromatic heterocycles. The monoisotopic (exact) mass is 226 g/mol. The van der Waals surface area contributed by atoms with Crippen LogP contribution in [0.5, 0.6) is 0 Å². The van der Waals surface area contributed by atoms with Crippen LogP contribution in [0.1, 0.15) is 25.0 Å². The maximum Gasteiger partial charge on any atom is 0.151 e. The van der Waals surface area contributed by atoms with Gasteiger partial charge in [-0.1, -0.05) is 6.07 Å². The van der Waals surface area contributed by atoms with E-state index in [0.29, 0.717) is 5.52 Å². The van der Waals surface area contributed by atoms with E-state index in [-0.39, 0.29) is 11.2 Å². The third-order valence-electron chi connectivity index (χ3n) is 2.43. The summed E-state index contributed by atoms with van der Waals surface area (Å²) in [5.41, 5.74) is 1.21. The molecule has 1 aromatic carbocycles. The Balaban J connectivity index is 2.78. The molecule has 0 aliphatic rings. The van der Waals surface area contributed by atoms with Crippen LogP contribution < -0.4 is 0 Å². The van der Waals surface area contributed by atoms with E-state index in [1.165, 1.54) is 6.07 Å². The van der Waals surface area contributed by atoms with Crippen LogP contribution in [0.15, 0.2) is 18.2 Å². The summed E-state index contributed by atoms with van der Waals surface area (Å²) in [6.45, 7) is 4.58. The Morgan fingerprint density at radius 1 is 1.53 bits per heavy atom. The van der Waals surface area contributed by atoms with Gasteiger partial charge in [-0.25, -0.2) is 9.37 Å². The second kappa shape index (κ2) is 3.81. The molecule has 80 valence electrons. The number of aryl methyl sites for hydroxylation is 1. The summed E-state index contributed by atoms with van der Waals surface area (Å²) >= 11 is 6.01. The molecule has 2 aromatic rings. The number of fused-ring (bicyclic) bond motifs is 1. The fraction of sp³-hybridized carbons (Fsp3) is 0.364. The van der Waals surface area contributed by atoms with Crippen molar-refractivity contribution in [3.8, 4) is 0 Å². The highest BCUT2D eigenvalue weighted by atomic mass is 35.5. The van der Waals surface area contributed by atoms with Crippen molar-refractivity contribution < 1.29 is 4.39 Å². The van der Waals surface area contributed by atoms with Crippen LogP contribution in [-0.4, -0.2) is 9.55 Å². The van der Waals surface area contributed by atoms with Crippen LogP contribution in [0.2, 0.25) is 0 Å². The smallest absolute Gasteiger partial charge is 0.151 e. The number of hydrogen-bond acceptors (Lipinski definition) is 1. The summed E-state index contributed by atoms with van der Waals surface area (Å²) in [4.78, 5) is 4.24. The van der Waals surface area contributed by atoms with Gasteiger partial charge in [0.1, 0.15) is 11.3 Å². The lowest BCUT2D eigenvalue weighted by Gasteiger charge is -2.06. The number of para-hydroxylation sites is 1. The highest BCUT2D eigenvalue weighted by Gasteiger charge is 2.15. The minimum absolute atomic E-state index is 0.211. The molecule has 0 N–H and O–H groups in total. The first-order valence-electron chi connectivity index (χ1n) is 4.94. The maximum atomic E-state index is 13.5. The van der Waals surface area contributed by atoms with Gasteiger partial charge >= 0.3 is 0 Å². The van der Waals surface area contributed by atoms with Crippen molar-refractivity contribution in [1.29, 1.82) is 0 Å². The fourth-order valence-corrected chi connectivity index (χ4v) is 1.93. The van der Waals surface area contributed by atoms with Crippen molar-refractivity contribution in [2.75, 3.05) is 0 Å². The molecule has 1 heterocycles. The van der Waals surface area contributed by atoms with Crippen LogP contribution in [0.3, 0.4) is 0 Å². The zero-order valence-electron chi connectivity index (χ0n) is 8.67. The molecule has 0 bridgehead atoms. The molecule has 2 rings (SSSR count). The number of rotatable bonds is 2. The summed E-state index contributed by atoms with van der Waals surface area (Å²) in [5.74, 6) is 0.428. The standard InChI is InChI=1S/C11H12ClFN2/c1-3-15-9-6-4-5-8(13)10(9)14-11(15)7(2)12/h4-7H,3H2,1-2H3. The number of halogens is 2. The van der Waals surface area contributed by atoms with E-state index >= 15 is 0 Å².